The van der Waals surface area contributed by atoms with E-state index in [1.165, 1.54) is 48.5 Å². The van der Waals surface area contributed by atoms with E-state index in [0.29, 0.717) is 5.56 Å². The number of aromatic hydroxyl groups is 8. The van der Waals surface area contributed by atoms with Gasteiger partial charge >= 0.3 is 0 Å². The van der Waals surface area contributed by atoms with Gasteiger partial charge in [-0.25, -0.2) is 0 Å². The van der Waals surface area contributed by atoms with Crippen LogP contribution in [-0.4, -0.2) is 52.4 Å². The standard InChI is InChI=1S/C39H28O10/c40-25-14-10-23(11-15-25)32(42)29-18-27(34(44)38(48)36(29)46)31(22-8-6-21(7-9-22)20-4-2-1-3-5-20)28-19-30(37(47)39(49)35(28)45)33(43)24-12-16-26(41)17-13-24/h1-19,31,40-41,44-49H. The van der Waals surface area contributed by atoms with Crippen LogP contribution in [0.15, 0.2) is 115 Å². The summed E-state index contributed by atoms with van der Waals surface area (Å²) in [7, 11) is 0. The molecule has 0 atom stereocenters. The zero-order chi connectivity index (χ0) is 35.0. The minimum absolute atomic E-state index is 0.0276. The fraction of sp³-hybridized carbons (Fsp3) is 0.0256. The van der Waals surface area contributed by atoms with Crippen molar-refractivity contribution in [1.29, 1.82) is 0 Å². The van der Waals surface area contributed by atoms with Gasteiger partial charge in [0.1, 0.15) is 11.5 Å². The molecule has 0 saturated heterocycles. The highest BCUT2D eigenvalue weighted by Gasteiger charge is 2.33. The molecule has 10 nitrogen and oxygen atoms in total. The topological polar surface area (TPSA) is 196 Å². The zero-order valence-corrected chi connectivity index (χ0v) is 25.4. The summed E-state index contributed by atoms with van der Waals surface area (Å²) in [6.45, 7) is 0. The lowest BCUT2D eigenvalue weighted by molar-refractivity contribution is 0.102. The van der Waals surface area contributed by atoms with Crippen LogP contribution < -0.4 is 0 Å². The Labute approximate surface area is 278 Å². The second-order valence-electron chi connectivity index (χ2n) is 11.3. The molecule has 0 aromatic heterocycles. The first kappa shape index (κ1) is 32.0. The zero-order valence-electron chi connectivity index (χ0n) is 25.4. The van der Waals surface area contributed by atoms with Gasteiger partial charge in [0.2, 0.25) is 11.5 Å². The largest absolute Gasteiger partial charge is 0.508 e. The number of phenols is 8. The van der Waals surface area contributed by atoms with E-state index in [1.54, 1.807) is 24.3 Å². The summed E-state index contributed by atoms with van der Waals surface area (Å²) >= 11 is 0. The molecule has 0 saturated carbocycles. The molecule has 0 amide bonds. The fourth-order valence-corrected chi connectivity index (χ4v) is 5.69. The Morgan fingerprint density at radius 3 is 1.20 bits per heavy atom. The van der Waals surface area contributed by atoms with Crippen LogP contribution in [0.4, 0.5) is 0 Å². The van der Waals surface area contributed by atoms with Crippen molar-refractivity contribution in [2.24, 2.45) is 0 Å². The maximum atomic E-state index is 13.6. The van der Waals surface area contributed by atoms with Crippen LogP contribution in [-0.2, 0) is 0 Å². The molecule has 0 bridgehead atoms. The smallest absolute Gasteiger partial charge is 0.201 e. The van der Waals surface area contributed by atoms with Crippen molar-refractivity contribution in [1.82, 2.24) is 0 Å². The molecule has 0 radical (unpaired) electrons. The van der Waals surface area contributed by atoms with Gasteiger partial charge in [0, 0.05) is 28.2 Å². The van der Waals surface area contributed by atoms with E-state index in [-0.39, 0.29) is 33.8 Å². The van der Waals surface area contributed by atoms with Crippen LogP contribution in [0.5, 0.6) is 46.0 Å². The minimum Gasteiger partial charge on any atom is -0.508 e. The molecule has 244 valence electrons. The van der Waals surface area contributed by atoms with Gasteiger partial charge in [-0.1, -0.05) is 54.6 Å². The lowest BCUT2D eigenvalue weighted by atomic mass is 9.80. The molecular weight excluding hydrogens is 628 g/mol. The van der Waals surface area contributed by atoms with Crippen molar-refractivity contribution in [3.8, 4) is 57.1 Å². The molecule has 0 fully saturated rings. The summed E-state index contributed by atoms with van der Waals surface area (Å²) in [6.07, 6.45) is 0. The lowest BCUT2D eigenvalue weighted by Crippen LogP contribution is -2.10. The average molecular weight is 657 g/mol. The fourth-order valence-electron chi connectivity index (χ4n) is 5.69. The third kappa shape index (κ3) is 5.90. The van der Waals surface area contributed by atoms with Gasteiger partial charge < -0.3 is 40.9 Å². The molecule has 8 N–H and O–H groups in total. The van der Waals surface area contributed by atoms with Gasteiger partial charge in [0.05, 0.1) is 11.1 Å². The average Bonchev–Trinajstić information content (AvgIpc) is 3.12. The highest BCUT2D eigenvalue weighted by molar-refractivity contribution is 6.12. The normalized spacial score (nSPS) is 11.0. The van der Waals surface area contributed by atoms with Gasteiger partial charge in [-0.05, 0) is 77.4 Å². The molecule has 0 aliphatic rings. The number of hydrogen-bond acceptors (Lipinski definition) is 10. The molecule has 0 unspecified atom stereocenters. The van der Waals surface area contributed by atoms with Gasteiger partial charge in [-0.3, -0.25) is 9.59 Å². The SMILES string of the molecule is O=C(c1ccc(O)cc1)c1cc(C(c2ccc(-c3ccccc3)cc2)c2cc(C(=O)c3ccc(O)cc3)c(O)c(O)c2O)c(O)c(O)c1O. The van der Waals surface area contributed by atoms with Crippen LogP contribution in [0.1, 0.15) is 54.5 Å². The lowest BCUT2D eigenvalue weighted by Gasteiger charge is -2.24. The molecule has 49 heavy (non-hydrogen) atoms. The third-order valence-electron chi connectivity index (χ3n) is 8.28. The van der Waals surface area contributed by atoms with Gasteiger partial charge in [0.25, 0.3) is 0 Å². The first-order valence-electron chi connectivity index (χ1n) is 14.8. The van der Waals surface area contributed by atoms with E-state index in [9.17, 15) is 50.4 Å². The maximum absolute atomic E-state index is 13.6. The summed E-state index contributed by atoms with van der Waals surface area (Å²) in [5.74, 6) is -8.82. The summed E-state index contributed by atoms with van der Waals surface area (Å²) in [4.78, 5) is 27.1. The Balaban J connectivity index is 1.60. The molecule has 0 aliphatic heterocycles. The molecule has 6 aromatic carbocycles. The van der Waals surface area contributed by atoms with Gasteiger partial charge in [-0.2, -0.15) is 0 Å². The maximum Gasteiger partial charge on any atom is 0.201 e. The van der Waals surface area contributed by atoms with E-state index in [0.717, 1.165) is 23.3 Å². The number of carbonyl (C=O) groups is 2. The number of phenolic OH excluding ortho intramolecular Hbond substituents is 8. The van der Waals surface area contributed by atoms with Crippen LogP contribution in [0.3, 0.4) is 0 Å². The van der Waals surface area contributed by atoms with E-state index >= 15 is 0 Å². The Morgan fingerprint density at radius 1 is 0.408 bits per heavy atom. The predicted molar refractivity (Wildman–Crippen MR) is 179 cm³/mol. The Morgan fingerprint density at radius 2 is 0.796 bits per heavy atom. The summed E-state index contributed by atoms with van der Waals surface area (Å²) in [5.41, 5.74) is 0.761. The molecule has 10 heteroatoms. The Hall–Kier alpha value is -6.94. The molecule has 0 heterocycles. The Kier molecular flexibility index (Phi) is 8.29. The highest BCUT2D eigenvalue weighted by Crippen LogP contribution is 2.52. The number of hydrogen-bond donors (Lipinski definition) is 8. The first-order chi connectivity index (χ1) is 23.5. The summed E-state index contributed by atoms with van der Waals surface area (Å²) < 4.78 is 0. The van der Waals surface area contributed by atoms with Crippen LogP contribution in [0, 0.1) is 0 Å². The molecule has 0 spiro atoms. The second kappa shape index (κ2) is 12.7. The van der Waals surface area contributed by atoms with E-state index in [1.807, 2.05) is 30.3 Å². The minimum atomic E-state index is -1.33. The van der Waals surface area contributed by atoms with Crippen molar-refractivity contribution < 1.29 is 50.4 Å². The van der Waals surface area contributed by atoms with Crippen LogP contribution >= 0.6 is 0 Å². The van der Waals surface area contributed by atoms with Crippen molar-refractivity contribution >= 4 is 11.6 Å². The number of carbonyl (C=O) groups excluding carboxylic acids is 2. The molecule has 6 aromatic rings. The third-order valence-corrected chi connectivity index (χ3v) is 8.28. The monoisotopic (exact) mass is 656 g/mol. The summed E-state index contributed by atoms with van der Waals surface area (Å²) in [6, 6.07) is 28.6. The predicted octanol–water partition coefficient (Wildman–Crippen LogP) is 6.64. The van der Waals surface area contributed by atoms with Gasteiger partial charge in [-0.15, -0.1) is 0 Å². The summed E-state index contributed by atoms with van der Waals surface area (Å²) in [5, 5.41) is 85.4. The van der Waals surface area contributed by atoms with Crippen molar-refractivity contribution in [2.45, 2.75) is 5.92 Å². The Bertz CT molecular complexity index is 2090. The quantitative estimate of drug-likeness (QED) is 0.0500. The van der Waals surface area contributed by atoms with E-state index in [2.05, 4.69) is 0 Å². The molecular formula is C39H28O10. The first-order valence-corrected chi connectivity index (χ1v) is 14.8. The molecule has 6 rings (SSSR count). The van der Waals surface area contributed by atoms with E-state index < -0.39 is 63.1 Å². The van der Waals surface area contributed by atoms with Crippen LogP contribution in [0.2, 0.25) is 0 Å². The van der Waals surface area contributed by atoms with Crippen molar-refractivity contribution in [3.63, 3.8) is 0 Å². The van der Waals surface area contributed by atoms with Crippen molar-refractivity contribution in [2.75, 3.05) is 0 Å². The van der Waals surface area contributed by atoms with Crippen LogP contribution in [0.25, 0.3) is 11.1 Å². The van der Waals surface area contributed by atoms with E-state index in [4.69, 9.17) is 0 Å². The van der Waals surface area contributed by atoms with Crippen molar-refractivity contribution in [3.05, 3.63) is 154 Å². The number of rotatable bonds is 8. The second-order valence-corrected chi connectivity index (χ2v) is 11.3. The molecule has 0 aliphatic carbocycles. The highest BCUT2D eigenvalue weighted by atomic mass is 16.3. The number of ketones is 2. The van der Waals surface area contributed by atoms with Gasteiger partial charge in [0.15, 0.2) is 34.6 Å². The number of benzene rings is 6.